The van der Waals surface area contributed by atoms with Gasteiger partial charge < -0.3 is 15.2 Å². The first-order valence-electron chi connectivity index (χ1n) is 11.3. The molecule has 2 N–H and O–H groups in total. The minimum atomic E-state index is -0.898. The topological polar surface area (TPSA) is 71.5 Å². The molecule has 1 atom stereocenters. The Morgan fingerprint density at radius 1 is 1.22 bits per heavy atom. The van der Waals surface area contributed by atoms with E-state index in [1.165, 1.54) is 34.0 Å². The van der Waals surface area contributed by atoms with Gasteiger partial charge in [0.2, 0.25) is 0 Å². The average Bonchev–Trinajstić information content (AvgIpc) is 2.81. The van der Waals surface area contributed by atoms with Crippen molar-refractivity contribution in [1.29, 1.82) is 0 Å². The first kappa shape index (κ1) is 22.0. The highest BCUT2D eigenvalue weighted by Crippen LogP contribution is 2.33. The summed E-state index contributed by atoms with van der Waals surface area (Å²) >= 11 is 0. The van der Waals surface area contributed by atoms with Gasteiger partial charge in [0.05, 0.1) is 12.2 Å². The van der Waals surface area contributed by atoms with Gasteiger partial charge in [0.1, 0.15) is 5.75 Å². The predicted molar refractivity (Wildman–Crippen MR) is 126 cm³/mol. The van der Waals surface area contributed by atoms with Crippen LogP contribution in [-0.2, 0) is 12.8 Å². The zero-order valence-corrected chi connectivity index (χ0v) is 18.7. The predicted octanol–water partition coefficient (Wildman–Crippen LogP) is 5.36. The normalized spacial score (nSPS) is 15.2. The summed E-state index contributed by atoms with van der Waals surface area (Å²) in [6, 6.07) is 14.8. The van der Waals surface area contributed by atoms with E-state index in [-0.39, 0.29) is 6.04 Å². The second kappa shape index (κ2) is 9.96. The van der Waals surface area contributed by atoms with Crippen LogP contribution in [0, 0.1) is 6.92 Å². The number of hydrogen-bond donors (Lipinski definition) is 2. The molecular weight excluding hydrogens is 400 g/mol. The number of hydrogen-bond acceptors (Lipinski definition) is 4. The van der Waals surface area contributed by atoms with Gasteiger partial charge in [0.25, 0.3) is 0 Å². The Kier molecular flexibility index (Phi) is 6.86. The molecule has 0 unspecified atom stereocenters. The second-order valence-electron chi connectivity index (χ2n) is 8.37. The lowest BCUT2D eigenvalue weighted by molar-refractivity contribution is 0.0695. The number of carbonyl (C=O) groups is 1. The van der Waals surface area contributed by atoms with Gasteiger partial charge in [-0.3, -0.25) is 4.98 Å². The molecule has 5 nitrogen and oxygen atoms in total. The van der Waals surface area contributed by atoms with Crippen LogP contribution in [0.1, 0.15) is 58.4 Å². The Hall–Kier alpha value is -3.18. The molecule has 5 heteroatoms. The van der Waals surface area contributed by atoms with Crippen molar-refractivity contribution in [3.8, 4) is 16.9 Å². The number of nitrogens with one attached hydrogen (secondary N) is 1. The molecule has 0 spiro atoms. The lowest BCUT2D eigenvalue weighted by Crippen LogP contribution is -2.30. The van der Waals surface area contributed by atoms with E-state index in [0.29, 0.717) is 12.0 Å². The molecule has 0 saturated heterocycles. The monoisotopic (exact) mass is 430 g/mol. The second-order valence-corrected chi connectivity index (χ2v) is 8.37. The zero-order chi connectivity index (χ0) is 22.5. The van der Waals surface area contributed by atoms with Crippen molar-refractivity contribution >= 4 is 5.97 Å². The third-order valence-corrected chi connectivity index (χ3v) is 6.12. The van der Waals surface area contributed by atoms with E-state index in [1.807, 2.05) is 0 Å². The molecule has 0 radical (unpaired) electrons. The summed E-state index contributed by atoms with van der Waals surface area (Å²) in [5, 5.41) is 13.0. The number of fused-ring (bicyclic) bond motifs is 1. The quantitative estimate of drug-likeness (QED) is 0.503. The van der Waals surface area contributed by atoms with Gasteiger partial charge in [-0.2, -0.15) is 0 Å². The molecule has 3 aromatic rings. The molecule has 1 aliphatic rings. The summed E-state index contributed by atoms with van der Waals surface area (Å²) in [4.78, 5) is 15.6. The van der Waals surface area contributed by atoms with Gasteiger partial charge >= 0.3 is 5.97 Å². The molecule has 32 heavy (non-hydrogen) atoms. The van der Waals surface area contributed by atoms with Crippen LogP contribution in [0.3, 0.4) is 0 Å². The van der Waals surface area contributed by atoms with Gasteiger partial charge in [-0.1, -0.05) is 31.2 Å². The summed E-state index contributed by atoms with van der Waals surface area (Å²) in [5.41, 5.74) is 7.46. The highest BCUT2D eigenvalue weighted by molar-refractivity contribution is 5.89. The van der Waals surface area contributed by atoms with Crippen LogP contribution in [0.2, 0.25) is 0 Å². The Bertz CT molecular complexity index is 1110. The molecule has 0 fully saturated rings. The van der Waals surface area contributed by atoms with E-state index in [4.69, 9.17) is 4.74 Å². The van der Waals surface area contributed by atoms with Crippen molar-refractivity contribution in [2.24, 2.45) is 0 Å². The van der Waals surface area contributed by atoms with Crippen molar-refractivity contribution in [1.82, 2.24) is 10.3 Å². The number of ether oxygens (including phenoxy) is 1. The van der Waals surface area contributed by atoms with Crippen LogP contribution < -0.4 is 10.1 Å². The van der Waals surface area contributed by atoms with Gasteiger partial charge in [0, 0.05) is 18.4 Å². The number of carboxylic acid groups (broad SMARTS) is 1. The average molecular weight is 431 g/mol. The molecule has 0 saturated carbocycles. The molecule has 1 aromatic heterocycles. The van der Waals surface area contributed by atoms with Crippen molar-refractivity contribution < 1.29 is 14.6 Å². The molecular formula is C27H30N2O3. The minimum Gasteiger partial charge on any atom is -0.494 e. The maximum atomic E-state index is 11.5. The molecule has 166 valence electrons. The largest absolute Gasteiger partial charge is 0.494 e. The highest BCUT2D eigenvalue weighted by Gasteiger charge is 2.21. The van der Waals surface area contributed by atoms with E-state index in [0.717, 1.165) is 43.7 Å². The number of aryl methyl sites for hydroxylation is 2. The number of pyridine rings is 1. The van der Waals surface area contributed by atoms with Crippen LogP contribution in [0.15, 0.2) is 54.9 Å². The number of rotatable bonds is 8. The molecule has 0 amide bonds. The molecule has 4 rings (SSSR count). The maximum Gasteiger partial charge on any atom is 0.336 e. The third-order valence-electron chi connectivity index (χ3n) is 6.12. The fourth-order valence-electron chi connectivity index (χ4n) is 4.48. The van der Waals surface area contributed by atoms with Crippen LogP contribution in [0.25, 0.3) is 11.1 Å². The Morgan fingerprint density at radius 2 is 2.09 bits per heavy atom. The molecule has 2 aromatic carbocycles. The van der Waals surface area contributed by atoms with E-state index in [1.54, 1.807) is 12.3 Å². The summed E-state index contributed by atoms with van der Waals surface area (Å²) in [6.45, 7) is 5.89. The summed E-state index contributed by atoms with van der Waals surface area (Å²) in [6.07, 6.45) is 6.70. The van der Waals surface area contributed by atoms with Crippen molar-refractivity contribution in [2.45, 2.75) is 45.6 Å². The number of carboxylic acids is 1. The zero-order valence-electron chi connectivity index (χ0n) is 18.7. The number of benzene rings is 2. The number of aromatic carboxylic acids is 1. The first-order valence-corrected chi connectivity index (χ1v) is 11.3. The van der Waals surface area contributed by atoms with Gasteiger partial charge in [-0.15, -0.1) is 0 Å². The van der Waals surface area contributed by atoms with E-state index in [9.17, 15) is 9.90 Å². The van der Waals surface area contributed by atoms with Crippen LogP contribution in [0.4, 0.5) is 0 Å². The summed E-state index contributed by atoms with van der Waals surface area (Å²) < 4.78 is 5.77. The molecule has 0 aliphatic carbocycles. The van der Waals surface area contributed by atoms with Gasteiger partial charge in [-0.05, 0) is 90.7 Å². The molecule has 1 aliphatic heterocycles. The highest BCUT2D eigenvalue weighted by atomic mass is 16.5. The van der Waals surface area contributed by atoms with Crippen LogP contribution >= 0.6 is 0 Å². The third kappa shape index (κ3) is 4.83. The fourth-order valence-corrected chi connectivity index (χ4v) is 4.48. The van der Waals surface area contributed by atoms with E-state index >= 15 is 0 Å². The molecule has 0 bridgehead atoms. The lowest BCUT2D eigenvalue weighted by atomic mass is 9.87. The Balaban J connectivity index is 1.53. The SMILES string of the molecule is CCCOc1ccc(-c2ccc3c(c2)CCN[C@H]3CCc2cnccc2C(=O)O)c(C)c1. The first-order chi connectivity index (χ1) is 15.6. The Labute approximate surface area is 189 Å². The van der Waals surface area contributed by atoms with Gasteiger partial charge in [-0.25, -0.2) is 4.79 Å². The fraction of sp³-hybridized carbons (Fsp3) is 0.333. The van der Waals surface area contributed by atoms with Crippen molar-refractivity contribution in [3.05, 3.63) is 82.7 Å². The van der Waals surface area contributed by atoms with Crippen LogP contribution in [0.5, 0.6) is 5.75 Å². The van der Waals surface area contributed by atoms with Crippen LogP contribution in [-0.4, -0.2) is 29.2 Å². The standard InChI is InChI=1S/C27H30N2O3/c1-3-14-32-22-6-8-23(18(2)15-22)19-4-7-24-20(16-19)10-13-29-26(24)9-5-21-17-28-12-11-25(21)27(30)31/h4,6-8,11-12,15-17,26,29H,3,5,9-10,13-14H2,1-2H3,(H,30,31)/t26-/m0/s1. The number of nitrogens with zero attached hydrogens (tertiary/aromatic N) is 1. The van der Waals surface area contributed by atoms with Gasteiger partial charge in [0.15, 0.2) is 0 Å². The lowest BCUT2D eigenvalue weighted by Gasteiger charge is -2.28. The van der Waals surface area contributed by atoms with Crippen molar-refractivity contribution in [2.75, 3.05) is 13.2 Å². The van der Waals surface area contributed by atoms with E-state index in [2.05, 4.69) is 60.5 Å². The summed E-state index contributed by atoms with van der Waals surface area (Å²) in [5.74, 6) is 0.0250. The maximum absolute atomic E-state index is 11.5. The van der Waals surface area contributed by atoms with Crippen molar-refractivity contribution in [3.63, 3.8) is 0 Å². The minimum absolute atomic E-state index is 0.209. The number of aromatic nitrogens is 1. The van der Waals surface area contributed by atoms with E-state index < -0.39 is 5.97 Å². The molecule has 2 heterocycles. The summed E-state index contributed by atoms with van der Waals surface area (Å²) in [7, 11) is 0. The smallest absolute Gasteiger partial charge is 0.336 e. The Morgan fingerprint density at radius 3 is 2.88 bits per heavy atom.